The molecule has 1 aliphatic rings. The van der Waals surface area contributed by atoms with Crippen LogP contribution in [0.5, 0.6) is 5.75 Å². The summed E-state index contributed by atoms with van der Waals surface area (Å²) in [4.78, 5) is 23.5. The van der Waals surface area contributed by atoms with E-state index in [2.05, 4.69) is 15.4 Å². The highest BCUT2D eigenvalue weighted by atomic mass is 32.2. The number of nitrogens with zero attached hydrogens (tertiary/aromatic N) is 1. The van der Waals surface area contributed by atoms with Gasteiger partial charge in [-0.1, -0.05) is 12.1 Å². The molecule has 33 heavy (non-hydrogen) atoms. The molecule has 2 aromatic carbocycles. The maximum absolute atomic E-state index is 12.9. The van der Waals surface area contributed by atoms with Crippen LogP contribution in [0.25, 0.3) is 0 Å². The summed E-state index contributed by atoms with van der Waals surface area (Å²) < 4.78 is 68.0. The van der Waals surface area contributed by atoms with Crippen molar-refractivity contribution in [2.24, 2.45) is 5.92 Å². The summed E-state index contributed by atoms with van der Waals surface area (Å²) in [7, 11) is -4.05. The first kappa shape index (κ1) is 24.5. The third-order valence-electron chi connectivity index (χ3n) is 4.95. The average Bonchev–Trinajstić information content (AvgIpc) is 2.72. The van der Waals surface area contributed by atoms with E-state index in [0.717, 1.165) is 16.4 Å². The minimum absolute atomic E-state index is 0.0384. The van der Waals surface area contributed by atoms with Crippen molar-refractivity contribution >= 4 is 33.2 Å². The van der Waals surface area contributed by atoms with Crippen LogP contribution in [0.1, 0.15) is 19.8 Å². The van der Waals surface area contributed by atoms with Gasteiger partial charge in [0.25, 0.3) is 0 Å². The number of halogens is 3. The Morgan fingerprint density at radius 2 is 1.61 bits per heavy atom. The van der Waals surface area contributed by atoms with E-state index < -0.39 is 28.1 Å². The van der Waals surface area contributed by atoms with Gasteiger partial charge in [-0.05, 0) is 43.2 Å². The van der Waals surface area contributed by atoms with Crippen LogP contribution in [0.15, 0.2) is 53.4 Å². The van der Waals surface area contributed by atoms with Gasteiger partial charge in [-0.2, -0.15) is 4.31 Å². The van der Waals surface area contributed by atoms with Crippen molar-refractivity contribution in [3.63, 3.8) is 0 Å². The predicted molar refractivity (Wildman–Crippen MR) is 114 cm³/mol. The highest BCUT2D eigenvalue weighted by Crippen LogP contribution is 2.29. The summed E-state index contributed by atoms with van der Waals surface area (Å²) in [5.74, 6) is -1.60. The molecule has 0 aromatic heterocycles. The van der Waals surface area contributed by atoms with Crippen LogP contribution in [-0.4, -0.2) is 44.0 Å². The Balaban J connectivity index is 1.62. The third-order valence-corrected chi connectivity index (χ3v) is 6.85. The van der Waals surface area contributed by atoms with Crippen LogP contribution < -0.4 is 15.4 Å². The van der Waals surface area contributed by atoms with Crippen molar-refractivity contribution in [3.05, 3.63) is 48.5 Å². The van der Waals surface area contributed by atoms with E-state index in [1.807, 2.05) is 0 Å². The fourth-order valence-corrected chi connectivity index (χ4v) is 4.97. The molecule has 2 aromatic rings. The first-order valence-electron chi connectivity index (χ1n) is 9.98. The van der Waals surface area contributed by atoms with Gasteiger partial charge >= 0.3 is 6.36 Å². The van der Waals surface area contributed by atoms with Gasteiger partial charge < -0.3 is 15.4 Å². The van der Waals surface area contributed by atoms with Gasteiger partial charge in [0.1, 0.15) is 5.75 Å². The standard InChI is InChI=1S/C21H22F3N3O5S/c1-14(28)25-16-4-2-5-17(12-16)26-20(29)15-8-10-27(11-9-15)33(30,31)19-7-3-6-18(13-19)32-21(22,23)24/h2-7,12-13,15H,8-11H2,1H3,(H,25,28)(H,26,29). The van der Waals surface area contributed by atoms with Crippen LogP contribution in [0.4, 0.5) is 24.5 Å². The fourth-order valence-electron chi connectivity index (χ4n) is 3.46. The number of sulfonamides is 1. The summed E-state index contributed by atoms with van der Waals surface area (Å²) in [6, 6.07) is 10.8. The van der Waals surface area contributed by atoms with Gasteiger partial charge in [-0.25, -0.2) is 8.42 Å². The number of nitrogens with one attached hydrogen (secondary N) is 2. The molecule has 2 N–H and O–H groups in total. The lowest BCUT2D eigenvalue weighted by molar-refractivity contribution is -0.274. The zero-order chi connectivity index (χ0) is 24.2. The maximum Gasteiger partial charge on any atom is 0.573 e. The molecule has 0 unspecified atom stereocenters. The zero-order valence-electron chi connectivity index (χ0n) is 17.6. The molecule has 0 radical (unpaired) electrons. The molecule has 1 saturated heterocycles. The smallest absolute Gasteiger partial charge is 0.406 e. The number of piperidine rings is 1. The molecule has 1 fully saturated rings. The summed E-state index contributed by atoms with van der Waals surface area (Å²) in [5, 5.41) is 5.38. The SMILES string of the molecule is CC(=O)Nc1cccc(NC(=O)C2CCN(S(=O)(=O)c3cccc(OC(F)(F)F)c3)CC2)c1. The van der Waals surface area contributed by atoms with Gasteiger partial charge in [-0.3, -0.25) is 9.59 Å². The van der Waals surface area contributed by atoms with Crippen molar-refractivity contribution in [2.75, 3.05) is 23.7 Å². The Morgan fingerprint density at radius 1 is 1.00 bits per heavy atom. The van der Waals surface area contributed by atoms with Crippen LogP contribution >= 0.6 is 0 Å². The molecule has 2 amide bonds. The Kier molecular flexibility index (Phi) is 7.28. The van der Waals surface area contributed by atoms with Gasteiger partial charge in [0.2, 0.25) is 21.8 Å². The number of ether oxygens (including phenoxy) is 1. The topological polar surface area (TPSA) is 105 Å². The van der Waals surface area contributed by atoms with Gasteiger partial charge in [0, 0.05) is 43.4 Å². The van der Waals surface area contributed by atoms with Crippen molar-refractivity contribution in [2.45, 2.75) is 31.0 Å². The number of hydrogen-bond donors (Lipinski definition) is 2. The van der Waals surface area contributed by atoms with Gasteiger partial charge in [-0.15, -0.1) is 13.2 Å². The molecular weight excluding hydrogens is 463 g/mol. The zero-order valence-corrected chi connectivity index (χ0v) is 18.4. The maximum atomic E-state index is 12.9. The molecule has 0 atom stereocenters. The molecule has 1 heterocycles. The summed E-state index contributed by atoms with van der Waals surface area (Å²) in [5.41, 5.74) is 1.01. The third kappa shape index (κ3) is 6.68. The summed E-state index contributed by atoms with van der Waals surface area (Å²) in [6.07, 6.45) is -4.44. The lowest BCUT2D eigenvalue weighted by Gasteiger charge is -2.30. The number of alkyl halides is 3. The monoisotopic (exact) mass is 485 g/mol. The van der Waals surface area contributed by atoms with E-state index in [1.165, 1.54) is 19.1 Å². The second-order valence-corrected chi connectivity index (χ2v) is 9.39. The van der Waals surface area contributed by atoms with Gasteiger partial charge in [0.15, 0.2) is 0 Å². The molecule has 8 nitrogen and oxygen atoms in total. The molecule has 178 valence electrons. The quantitative estimate of drug-likeness (QED) is 0.651. The Hall–Kier alpha value is -3.12. The normalized spacial score (nSPS) is 15.6. The Labute approximate surface area is 188 Å². The van der Waals surface area contributed by atoms with Crippen LogP contribution in [0.3, 0.4) is 0 Å². The number of carbonyl (C=O) groups excluding carboxylic acids is 2. The first-order chi connectivity index (χ1) is 15.4. The molecule has 12 heteroatoms. The average molecular weight is 485 g/mol. The minimum Gasteiger partial charge on any atom is -0.406 e. The van der Waals surface area contributed by atoms with E-state index in [1.54, 1.807) is 24.3 Å². The summed E-state index contributed by atoms with van der Waals surface area (Å²) in [6.45, 7) is 1.44. The lowest BCUT2D eigenvalue weighted by atomic mass is 9.97. The Bertz CT molecular complexity index is 1130. The van der Waals surface area contributed by atoms with Crippen LogP contribution in [0, 0.1) is 5.92 Å². The fraction of sp³-hybridized carbons (Fsp3) is 0.333. The number of amides is 2. The van der Waals surface area contributed by atoms with E-state index in [-0.39, 0.29) is 42.6 Å². The van der Waals surface area contributed by atoms with Crippen molar-refractivity contribution < 1.29 is 35.9 Å². The highest BCUT2D eigenvalue weighted by molar-refractivity contribution is 7.89. The molecule has 0 bridgehead atoms. The van der Waals surface area contributed by atoms with Crippen molar-refractivity contribution in [1.82, 2.24) is 4.31 Å². The molecule has 1 aliphatic heterocycles. The van der Waals surface area contributed by atoms with Gasteiger partial charge in [0.05, 0.1) is 4.90 Å². The summed E-state index contributed by atoms with van der Waals surface area (Å²) >= 11 is 0. The number of anilines is 2. The molecule has 0 saturated carbocycles. The molecule has 3 rings (SSSR count). The van der Waals surface area contributed by atoms with Crippen molar-refractivity contribution in [1.29, 1.82) is 0 Å². The van der Waals surface area contributed by atoms with E-state index in [4.69, 9.17) is 0 Å². The van der Waals surface area contributed by atoms with E-state index in [9.17, 15) is 31.2 Å². The molecular formula is C21H22F3N3O5S. The number of benzene rings is 2. The lowest BCUT2D eigenvalue weighted by Crippen LogP contribution is -2.41. The van der Waals surface area contributed by atoms with Crippen molar-refractivity contribution in [3.8, 4) is 5.75 Å². The van der Waals surface area contributed by atoms with Crippen LogP contribution in [-0.2, 0) is 19.6 Å². The molecule has 0 aliphatic carbocycles. The highest BCUT2D eigenvalue weighted by Gasteiger charge is 2.34. The number of rotatable bonds is 6. The minimum atomic E-state index is -4.93. The second kappa shape index (κ2) is 9.79. The Morgan fingerprint density at radius 3 is 2.21 bits per heavy atom. The van der Waals surface area contributed by atoms with Crippen LogP contribution in [0.2, 0.25) is 0 Å². The van der Waals surface area contributed by atoms with E-state index >= 15 is 0 Å². The predicted octanol–water partition coefficient (Wildman–Crippen LogP) is 3.58. The number of hydrogen-bond acceptors (Lipinski definition) is 5. The number of carbonyl (C=O) groups is 2. The van der Waals surface area contributed by atoms with E-state index in [0.29, 0.717) is 11.4 Å². The largest absolute Gasteiger partial charge is 0.573 e. The second-order valence-electron chi connectivity index (χ2n) is 7.45. The molecule has 0 spiro atoms. The first-order valence-corrected chi connectivity index (χ1v) is 11.4.